The summed E-state index contributed by atoms with van der Waals surface area (Å²) in [5.41, 5.74) is 1.37. The SMILES string of the molecule is COC(=O)CCC1CN(Cc2ccccc2)CCC1N1CCN(C)CC1.O=C(O)C(=O)O. The molecule has 0 amide bonds. The number of carbonyl (C=O) groups is 3. The summed E-state index contributed by atoms with van der Waals surface area (Å²) in [5.74, 6) is -3.19. The third-order valence-corrected chi connectivity index (χ3v) is 6.16. The molecule has 1 aromatic carbocycles. The van der Waals surface area contributed by atoms with E-state index in [1.807, 2.05) is 0 Å². The number of methoxy groups -OCH3 is 1. The van der Waals surface area contributed by atoms with Crippen LogP contribution in [0.2, 0.25) is 0 Å². The van der Waals surface area contributed by atoms with Crippen LogP contribution in [0.1, 0.15) is 24.8 Å². The number of nitrogens with zero attached hydrogens (tertiary/aromatic N) is 3. The highest BCUT2D eigenvalue weighted by atomic mass is 16.5. The summed E-state index contributed by atoms with van der Waals surface area (Å²) >= 11 is 0. The Morgan fingerprint density at radius 1 is 1.00 bits per heavy atom. The highest BCUT2D eigenvalue weighted by Crippen LogP contribution is 2.28. The Morgan fingerprint density at radius 2 is 1.62 bits per heavy atom. The second-order valence-corrected chi connectivity index (χ2v) is 8.40. The predicted octanol–water partition coefficient (Wildman–Crippen LogP) is 1.23. The van der Waals surface area contributed by atoms with Gasteiger partial charge in [0.05, 0.1) is 7.11 Å². The number of likely N-dealkylation sites (tertiary alicyclic amines) is 1. The molecule has 0 spiro atoms. The molecule has 2 heterocycles. The van der Waals surface area contributed by atoms with Crippen molar-refractivity contribution in [3.8, 4) is 0 Å². The molecule has 2 fully saturated rings. The van der Waals surface area contributed by atoms with E-state index in [2.05, 4.69) is 52.1 Å². The summed E-state index contributed by atoms with van der Waals surface area (Å²) in [4.78, 5) is 37.5. The molecule has 9 heteroatoms. The number of benzene rings is 1. The molecule has 0 saturated carbocycles. The number of carboxylic acids is 2. The fraction of sp³-hybridized carbons (Fsp3) is 0.609. The number of likely N-dealkylation sites (N-methyl/N-ethyl adjacent to an activating group) is 1. The van der Waals surface area contributed by atoms with Gasteiger partial charge in [-0.2, -0.15) is 0 Å². The molecule has 0 radical (unpaired) electrons. The van der Waals surface area contributed by atoms with Crippen LogP contribution in [0.25, 0.3) is 0 Å². The van der Waals surface area contributed by atoms with Crippen molar-refractivity contribution in [1.82, 2.24) is 14.7 Å². The molecule has 0 aromatic heterocycles. The minimum atomic E-state index is -1.82. The molecule has 32 heavy (non-hydrogen) atoms. The summed E-state index contributed by atoms with van der Waals surface area (Å²) in [6.07, 6.45) is 2.65. The number of aliphatic carboxylic acids is 2. The van der Waals surface area contributed by atoms with Gasteiger partial charge in [0.1, 0.15) is 0 Å². The molecule has 0 aliphatic carbocycles. The van der Waals surface area contributed by atoms with Gasteiger partial charge in [0, 0.05) is 51.7 Å². The largest absolute Gasteiger partial charge is 0.473 e. The van der Waals surface area contributed by atoms with Gasteiger partial charge in [0.2, 0.25) is 0 Å². The number of piperidine rings is 1. The first kappa shape index (κ1) is 25.8. The number of rotatable bonds is 6. The van der Waals surface area contributed by atoms with E-state index in [4.69, 9.17) is 24.5 Å². The zero-order valence-electron chi connectivity index (χ0n) is 19.0. The summed E-state index contributed by atoms with van der Waals surface area (Å²) in [6, 6.07) is 11.3. The Bertz CT molecular complexity index is 725. The second-order valence-electron chi connectivity index (χ2n) is 8.40. The number of piperazine rings is 1. The molecule has 1 aromatic rings. The maximum absolute atomic E-state index is 11.7. The van der Waals surface area contributed by atoms with Crippen molar-refractivity contribution in [2.75, 3.05) is 53.4 Å². The van der Waals surface area contributed by atoms with E-state index >= 15 is 0 Å². The lowest BCUT2D eigenvalue weighted by atomic mass is 9.86. The first-order valence-electron chi connectivity index (χ1n) is 11.0. The van der Waals surface area contributed by atoms with Gasteiger partial charge in [-0.15, -0.1) is 0 Å². The Labute approximate surface area is 189 Å². The number of carbonyl (C=O) groups excluding carboxylic acids is 1. The summed E-state index contributed by atoms with van der Waals surface area (Å²) in [5, 5.41) is 14.8. The van der Waals surface area contributed by atoms with Crippen LogP contribution in [0, 0.1) is 5.92 Å². The van der Waals surface area contributed by atoms with E-state index in [1.165, 1.54) is 19.1 Å². The molecule has 3 rings (SSSR count). The van der Waals surface area contributed by atoms with Crippen molar-refractivity contribution < 1.29 is 29.3 Å². The zero-order valence-corrected chi connectivity index (χ0v) is 19.0. The number of hydrogen-bond donors (Lipinski definition) is 2. The molecule has 2 aliphatic rings. The Balaban J connectivity index is 0.000000534. The molecule has 2 atom stereocenters. The zero-order chi connectivity index (χ0) is 23.5. The fourth-order valence-electron chi connectivity index (χ4n) is 4.40. The third kappa shape index (κ3) is 8.57. The number of hydrogen-bond acceptors (Lipinski definition) is 7. The van der Waals surface area contributed by atoms with Gasteiger partial charge >= 0.3 is 17.9 Å². The topological polar surface area (TPSA) is 111 Å². The second kappa shape index (κ2) is 13.1. The summed E-state index contributed by atoms with van der Waals surface area (Å²) < 4.78 is 4.89. The van der Waals surface area contributed by atoms with Crippen LogP contribution in [0.4, 0.5) is 0 Å². The normalized spacial score (nSPS) is 22.4. The van der Waals surface area contributed by atoms with Crippen LogP contribution in [0.15, 0.2) is 30.3 Å². The maximum atomic E-state index is 11.7. The lowest BCUT2D eigenvalue weighted by Crippen LogP contribution is -2.56. The highest BCUT2D eigenvalue weighted by molar-refractivity contribution is 6.27. The third-order valence-electron chi connectivity index (χ3n) is 6.16. The van der Waals surface area contributed by atoms with E-state index in [0.717, 1.165) is 52.2 Å². The number of esters is 1. The van der Waals surface area contributed by atoms with Crippen molar-refractivity contribution in [3.63, 3.8) is 0 Å². The molecule has 2 unspecified atom stereocenters. The first-order valence-corrected chi connectivity index (χ1v) is 11.0. The van der Waals surface area contributed by atoms with Gasteiger partial charge in [-0.3, -0.25) is 14.6 Å². The van der Waals surface area contributed by atoms with E-state index in [0.29, 0.717) is 18.4 Å². The smallest absolute Gasteiger partial charge is 0.414 e. The molecular weight excluding hydrogens is 414 g/mol. The molecular formula is C23H35N3O6. The number of carboxylic acid groups (broad SMARTS) is 2. The molecule has 2 N–H and O–H groups in total. The van der Waals surface area contributed by atoms with Crippen LogP contribution in [-0.4, -0.2) is 102 Å². The average Bonchev–Trinajstić information content (AvgIpc) is 2.79. The molecule has 2 saturated heterocycles. The van der Waals surface area contributed by atoms with Crippen LogP contribution in [-0.2, 0) is 25.7 Å². The van der Waals surface area contributed by atoms with Crippen molar-refractivity contribution in [1.29, 1.82) is 0 Å². The maximum Gasteiger partial charge on any atom is 0.414 e. The van der Waals surface area contributed by atoms with E-state index < -0.39 is 11.9 Å². The van der Waals surface area contributed by atoms with Crippen molar-refractivity contribution in [3.05, 3.63) is 35.9 Å². The van der Waals surface area contributed by atoms with Crippen LogP contribution >= 0.6 is 0 Å². The first-order chi connectivity index (χ1) is 15.3. The Morgan fingerprint density at radius 3 is 2.19 bits per heavy atom. The van der Waals surface area contributed by atoms with Crippen molar-refractivity contribution >= 4 is 17.9 Å². The monoisotopic (exact) mass is 449 g/mol. The van der Waals surface area contributed by atoms with Gasteiger partial charge in [0.25, 0.3) is 0 Å². The quantitative estimate of drug-likeness (QED) is 0.489. The van der Waals surface area contributed by atoms with Crippen molar-refractivity contribution in [2.45, 2.75) is 31.8 Å². The molecule has 178 valence electrons. The van der Waals surface area contributed by atoms with Gasteiger partial charge < -0.3 is 19.8 Å². The Kier molecular flexibility index (Phi) is 10.6. The molecule has 0 bridgehead atoms. The van der Waals surface area contributed by atoms with Crippen LogP contribution in [0.5, 0.6) is 0 Å². The average molecular weight is 450 g/mol. The Hall–Kier alpha value is -2.49. The highest BCUT2D eigenvalue weighted by Gasteiger charge is 2.34. The molecule has 2 aliphatic heterocycles. The molecule has 9 nitrogen and oxygen atoms in total. The van der Waals surface area contributed by atoms with E-state index in [-0.39, 0.29) is 5.97 Å². The summed E-state index contributed by atoms with van der Waals surface area (Å²) in [6.45, 7) is 7.81. The van der Waals surface area contributed by atoms with Gasteiger partial charge in [0.15, 0.2) is 0 Å². The predicted molar refractivity (Wildman–Crippen MR) is 119 cm³/mol. The van der Waals surface area contributed by atoms with E-state index in [9.17, 15) is 4.79 Å². The minimum Gasteiger partial charge on any atom is -0.473 e. The van der Waals surface area contributed by atoms with Crippen LogP contribution in [0.3, 0.4) is 0 Å². The van der Waals surface area contributed by atoms with E-state index in [1.54, 1.807) is 0 Å². The van der Waals surface area contributed by atoms with Crippen LogP contribution < -0.4 is 0 Å². The van der Waals surface area contributed by atoms with Gasteiger partial charge in [-0.25, -0.2) is 9.59 Å². The lowest BCUT2D eigenvalue weighted by molar-refractivity contribution is -0.159. The number of ether oxygens (including phenoxy) is 1. The van der Waals surface area contributed by atoms with Gasteiger partial charge in [-0.1, -0.05) is 30.3 Å². The summed E-state index contributed by atoms with van der Waals surface area (Å²) in [7, 11) is 3.69. The minimum absolute atomic E-state index is 0.0812. The lowest BCUT2D eigenvalue weighted by Gasteiger charge is -2.46. The fourth-order valence-corrected chi connectivity index (χ4v) is 4.40. The van der Waals surface area contributed by atoms with Gasteiger partial charge in [-0.05, 0) is 37.9 Å². The van der Waals surface area contributed by atoms with Crippen molar-refractivity contribution in [2.24, 2.45) is 5.92 Å². The standard InChI is InChI=1S/C21H33N3O2.C2H2O4/c1-22-12-14-24(15-13-22)20-10-11-23(16-18-6-4-3-5-7-18)17-19(20)8-9-21(25)26-2;3-1(4)2(5)6/h3-7,19-20H,8-17H2,1-2H3;(H,3,4)(H,5,6).